The average molecular weight is 636 g/mol. The molecule has 2 unspecified atom stereocenters. The van der Waals surface area contributed by atoms with Gasteiger partial charge in [-0.3, -0.25) is 14.5 Å². The Bertz CT molecular complexity index is 1880. The molecule has 10 nitrogen and oxygen atoms in total. The first kappa shape index (κ1) is 30.7. The fraction of sp³-hybridized carbons (Fsp3) is 0.344. The van der Waals surface area contributed by atoms with Crippen LogP contribution >= 0.6 is 0 Å². The number of pyridine rings is 1. The molecule has 45 heavy (non-hydrogen) atoms. The second-order valence-electron chi connectivity index (χ2n) is 11.7. The SMILES string of the molecule is COc1ncc(-c2cc3c(c(-c4nnc(CN5CC(C)N(C(C)C)C(C)C5)o4)c2)C=[C+]3)cc1NS(=O)(=O)c1ccc(F)cc1F. The van der Waals surface area contributed by atoms with Gasteiger partial charge in [-0.25, -0.2) is 22.2 Å². The third-order valence-corrected chi connectivity index (χ3v) is 9.47. The molecule has 13 heteroatoms. The van der Waals surface area contributed by atoms with Gasteiger partial charge in [-0.15, -0.1) is 10.2 Å². The zero-order chi connectivity index (χ0) is 32.0. The number of hydrogen-bond acceptors (Lipinski definition) is 9. The van der Waals surface area contributed by atoms with Gasteiger partial charge in [0.05, 0.1) is 30.9 Å². The van der Waals surface area contributed by atoms with Crippen LogP contribution in [-0.2, 0) is 16.6 Å². The molecule has 2 aromatic heterocycles. The molecular weight excluding hydrogens is 602 g/mol. The number of aromatic nitrogens is 3. The summed E-state index contributed by atoms with van der Waals surface area (Å²) in [5, 5.41) is 8.69. The molecule has 0 radical (unpaired) electrons. The third kappa shape index (κ3) is 6.04. The third-order valence-electron chi connectivity index (χ3n) is 8.07. The van der Waals surface area contributed by atoms with Crippen molar-refractivity contribution in [1.82, 2.24) is 25.0 Å². The minimum atomic E-state index is -4.44. The molecule has 2 aliphatic rings. The zero-order valence-electron chi connectivity index (χ0n) is 25.5. The number of methoxy groups -OCH3 is 1. The average Bonchev–Trinajstić information content (AvgIpc) is 3.40. The van der Waals surface area contributed by atoms with E-state index in [2.05, 4.69) is 63.5 Å². The van der Waals surface area contributed by atoms with Crippen LogP contribution in [0.25, 0.3) is 28.7 Å². The lowest BCUT2D eigenvalue weighted by Gasteiger charge is -2.46. The first-order valence-corrected chi connectivity index (χ1v) is 16.0. The highest BCUT2D eigenvalue weighted by molar-refractivity contribution is 7.92. The van der Waals surface area contributed by atoms with Crippen LogP contribution in [0.2, 0.25) is 0 Å². The van der Waals surface area contributed by atoms with Crippen molar-refractivity contribution in [2.75, 3.05) is 24.9 Å². The number of nitrogens with zero attached hydrogens (tertiary/aromatic N) is 5. The quantitative estimate of drug-likeness (QED) is 0.214. The summed E-state index contributed by atoms with van der Waals surface area (Å²) in [5.41, 5.74) is 3.62. The molecule has 4 aromatic rings. The van der Waals surface area contributed by atoms with Crippen molar-refractivity contribution < 1.29 is 26.4 Å². The van der Waals surface area contributed by atoms with Crippen LogP contribution in [0.3, 0.4) is 0 Å². The largest absolute Gasteiger partial charge is 0.480 e. The Kier molecular flexibility index (Phi) is 8.13. The standard InChI is InChI=1S/C32H33F2N6O4S/c1-18(2)40-19(3)15-39(16-20(40)4)17-30-36-37-31(44-30)26-11-22(10-21-6-8-25(21)26)23-12-28(32(43-5)35-14-23)38-45(41,42)29-9-7-24(33)13-27(29)34/h7-14,18-20,38H,15-17H2,1-5H3/q+1. The fourth-order valence-electron chi connectivity index (χ4n) is 6.29. The molecule has 0 amide bonds. The van der Waals surface area contributed by atoms with Crippen molar-refractivity contribution >= 4 is 21.8 Å². The highest BCUT2D eigenvalue weighted by Gasteiger charge is 2.32. The van der Waals surface area contributed by atoms with E-state index >= 15 is 0 Å². The number of anilines is 1. The molecule has 234 valence electrons. The maximum Gasteiger partial charge on any atom is 0.264 e. The number of hydrogen-bond donors (Lipinski definition) is 1. The van der Waals surface area contributed by atoms with Crippen LogP contribution in [-0.4, -0.2) is 71.7 Å². The maximum atomic E-state index is 14.3. The summed E-state index contributed by atoms with van der Waals surface area (Å²) >= 11 is 0. The van der Waals surface area contributed by atoms with Gasteiger partial charge in [-0.2, -0.15) is 0 Å². The van der Waals surface area contributed by atoms with Gasteiger partial charge in [0.15, 0.2) is 5.56 Å². The van der Waals surface area contributed by atoms with Crippen LogP contribution in [0.1, 0.15) is 44.7 Å². The number of benzene rings is 2. The Morgan fingerprint density at radius 1 is 1.09 bits per heavy atom. The van der Waals surface area contributed by atoms with Crippen LogP contribution in [0.5, 0.6) is 5.88 Å². The van der Waals surface area contributed by atoms with Gasteiger partial charge in [0, 0.05) is 66.7 Å². The Morgan fingerprint density at radius 3 is 2.49 bits per heavy atom. The van der Waals surface area contributed by atoms with Crippen LogP contribution < -0.4 is 9.46 Å². The number of nitrogens with one attached hydrogen (secondary N) is 1. The van der Waals surface area contributed by atoms with Gasteiger partial charge in [-0.05, 0) is 52.0 Å². The Balaban J connectivity index is 1.27. The summed E-state index contributed by atoms with van der Waals surface area (Å²) in [5.74, 6) is -1.26. The number of fused-ring (bicyclic) bond motifs is 1. The van der Waals surface area contributed by atoms with E-state index in [1.807, 2.05) is 18.2 Å². The van der Waals surface area contributed by atoms with E-state index in [9.17, 15) is 17.2 Å². The summed E-state index contributed by atoms with van der Waals surface area (Å²) in [7, 11) is -3.11. The van der Waals surface area contributed by atoms with E-state index in [4.69, 9.17) is 9.15 Å². The minimum Gasteiger partial charge on any atom is -0.480 e. The van der Waals surface area contributed by atoms with Crippen molar-refractivity contribution in [2.24, 2.45) is 0 Å². The van der Waals surface area contributed by atoms with Crippen molar-refractivity contribution in [3.63, 3.8) is 0 Å². The molecule has 0 bridgehead atoms. The molecule has 0 saturated carbocycles. The van der Waals surface area contributed by atoms with Gasteiger partial charge in [0.25, 0.3) is 15.9 Å². The molecule has 6 rings (SSSR count). The molecule has 1 N–H and O–H groups in total. The van der Waals surface area contributed by atoms with Gasteiger partial charge in [0.1, 0.15) is 22.2 Å². The molecule has 1 aliphatic carbocycles. The maximum absolute atomic E-state index is 14.3. The molecule has 1 aliphatic heterocycles. The number of ether oxygens (including phenoxy) is 1. The predicted molar refractivity (Wildman–Crippen MR) is 165 cm³/mol. The Labute approximate surface area is 260 Å². The second kappa shape index (κ2) is 11.9. The van der Waals surface area contributed by atoms with E-state index in [0.29, 0.717) is 59.2 Å². The van der Waals surface area contributed by atoms with E-state index in [1.54, 1.807) is 0 Å². The van der Waals surface area contributed by atoms with E-state index in [1.165, 1.54) is 19.4 Å². The highest BCUT2D eigenvalue weighted by Crippen LogP contribution is 2.38. The second-order valence-corrected chi connectivity index (χ2v) is 13.3. The smallest absolute Gasteiger partial charge is 0.264 e. The summed E-state index contributed by atoms with van der Waals surface area (Å²) in [6, 6.07) is 8.76. The van der Waals surface area contributed by atoms with Crippen molar-refractivity contribution in [3.8, 4) is 28.5 Å². The fourth-order valence-corrected chi connectivity index (χ4v) is 7.40. The molecule has 1 fully saturated rings. The van der Waals surface area contributed by atoms with Gasteiger partial charge < -0.3 is 9.15 Å². The monoisotopic (exact) mass is 635 g/mol. The number of piperazine rings is 1. The van der Waals surface area contributed by atoms with E-state index in [0.717, 1.165) is 36.3 Å². The number of sulfonamides is 1. The Morgan fingerprint density at radius 2 is 1.84 bits per heavy atom. The summed E-state index contributed by atoms with van der Waals surface area (Å²) < 4.78 is 67.5. The molecular formula is C32H33F2N6O4S+. The first-order chi connectivity index (χ1) is 21.4. The topological polar surface area (TPSA) is 114 Å². The first-order valence-electron chi connectivity index (χ1n) is 14.6. The van der Waals surface area contributed by atoms with E-state index in [-0.39, 0.29) is 11.6 Å². The summed E-state index contributed by atoms with van der Waals surface area (Å²) in [6.07, 6.45) is 6.53. The highest BCUT2D eigenvalue weighted by atomic mass is 32.2. The van der Waals surface area contributed by atoms with Gasteiger partial charge in [0.2, 0.25) is 11.8 Å². The van der Waals surface area contributed by atoms with E-state index < -0.39 is 26.6 Å². The number of halogens is 2. The van der Waals surface area contributed by atoms with Crippen molar-refractivity contribution in [2.45, 2.75) is 57.3 Å². The summed E-state index contributed by atoms with van der Waals surface area (Å²) in [6.45, 7) is 11.2. The summed E-state index contributed by atoms with van der Waals surface area (Å²) in [4.78, 5) is 8.41. The van der Waals surface area contributed by atoms with Crippen LogP contribution in [0.15, 0.2) is 51.9 Å². The molecule has 2 aromatic carbocycles. The van der Waals surface area contributed by atoms with Gasteiger partial charge >= 0.3 is 0 Å². The zero-order valence-corrected chi connectivity index (χ0v) is 26.3. The van der Waals surface area contributed by atoms with Crippen LogP contribution in [0.4, 0.5) is 14.5 Å². The Hall–Kier alpha value is -4.29. The number of rotatable bonds is 9. The lowest BCUT2D eigenvalue weighted by atomic mass is 9.88. The normalized spacial score (nSPS) is 18.4. The molecule has 0 spiro atoms. The predicted octanol–water partition coefficient (Wildman–Crippen LogP) is 5.37. The van der Waals surface area contributed by atoms with Crippen LogP contribution in [0, 0.1) is 17.7 Å². The van der Waals surface area contributed by atoms with Gasteiger partial charge in [-0.1, -0.05) is 0 Å². The minimum absolute atomic E-state index is 0.0245. The molecule has 3 heterocycles. The molecule has 1 saturated heterocycles. The molecule has 2 atom stereocenters. The lowest BCUT2D eigenvalue weighted by molar-refractivity contribution is 0.0102. The van der Waals surface area contributed by atoms with Crippen molar-refractivity contribution in [3.05, 3.63) is 77.3 Å². The van der Waals surface area contributed by atoms with Crippen molar-refractivity contribution in [1.29, 1.82) is 0 Å². The lowest BCUT2D eigenvalue weighted by Crippen LogP contribution is -2.58.